The van der Waals surface area contributed by atoms with Gasteiger partial charge in [-0.2, -0.15) is 0 Å². The van der Waals surface area contributed by atoms with Crippen LogP contribution in [0.3, 0.4) is 0 Å². The first kappa shape index (κ1) is 13.6. The van der Waals surface area contributed by atoms with E-state index in [0.717, 1.165) is 6.08 Å². The van der Waals surface area contributed by atoms with Gasteiger partial charge in [0.25, 0.3) is 0 Å². The zero-order valence-electron chi connectivity index (χ0n) is 10.9. The Morgan fingerprint density at radius 2 is 2.10 bits per heavy atom. The standard InChI is InChI=1S/C13H12N2O5/c1-18-11(16)6-9(13(17)19-2)15-8-4-3-5-10-12(8)14-7-20-10/h3-7,15H,1-2H3/b9-6+. The molecular formula is C13H12N2O5. The lowest BCUT2D eigenvalue weighted by Crippen LogP contribution is -2.15. The predicted octanol–water partition coefficient (Wildman–Crippen LogP) is 1.47. The number of anilines is 1. The van der Waals surface area contributed by atoms with Crippen LogP contribution in [-0.2, 0) is 19.1 Å². The first-order valence-electron chi connectivity index (χ1n) is 5.63. The van der Waals surface area contributed by atoms with Crippen molar-refractivity contribution in [2.45, 2.75) is 0 Å². The van der Waals surface area contributed by atoms with Gasteiger partial charge in [0, 0.05) is 0 Å². The molecule has 2 aromatic rings. The van der Waals surface area contributed by atoms with Gasteiger partial charge < -0.3 is 19.2 Å². The Balaban J connectivity index is 2.37. The summed E-state index contributed by atoms with van der Waals surface area (Å²) in [5.74, 6) is -1.37. The lowest BCUT2D eigenvalue weighted by molar-refractivity contribution is -0.138. The van der Waals surface area contributed by atoms with Crippen molar-refractivity contribution >= 4 is 28.7 Å². The normalized spacial score (nSPS) is 11.2. The minimum absolute atomic E-state index is 0.0603. The largest absolute Gasteiger partial charge is 0.466 e. The van der Waals surface area contributed by atoms with Crippen molar-refractivity contribution in [2.24, 2.45) is 0 Å². The topological polar surface area (TPSA) is 90.7 Å². The van der Waals surface area contributed by atoms with Gasteiger partial charge in [0.05, 0.1) is 26.0 Å². The number of methoxy groups -OCH3 is 2. The molecule has 0 saturated carbocycles. The molecule has 1 N–H and O–H groups in total. The zero-order chi connectivity index (χ0) is 14.5. The van der Waals surface area contributed by atoms with E-state index < -0.39 is 11.9 Å². The van der Waals surface area contributed by atoms with Crippen molar-refractivity contribution in [1.29, 1.82) is 0 Å². The molecule has 104 valence electrons. The summed E-state index contributed by atoms with van der Waals surface area (Å²) in [6.07, 6.45) is 2.29. The lowest BCUT2D eigenvalue weighted by Gasteiger charge is -2.09. The van der Waals surface area contributed by atoms with E-state index in [0.29, 0.717) is 16.8 Å². The number of oxazole rings is 1. The third-order valence-corrected chi connectivity index (χ3v) is 2.50. The number of benzene rings is 1. The lowest BCUT2D eigenvalue weighted by atomic mass is 10.2. The van der Waals surface area contributed by atoms with Gasteiger partial charge in [0.2, 0.25) is 0 Å². The van der Waals surface area contributed by atoms with Crippen LogP contribution < -0.4 is 5.32 Å². The van der Waals surface area contributed by atoms with Crippen molar-refractivity contribution < 1.29 is 23.5 Å². The van der Waals surface area contributed by atoms with E-state index >= 15 is 0 Å². The van der Waals surface area contributed by atoms with Crippen LogP contribution in [0.15, 0.2) is 40.8 Å². The van der Waals surface area contributed by atoms with Crippen LogP contribution in [0, 0.1) is 0 Å². The molecule has 1 aromatic heterocycles. The molecule has 0 fully saturated rings. The van der Waals surface area contributed by atoms with Crippen LogP contribution in [0.25, 0.3) is 11.1 Å². The minimum Gasteiger partial charge on any atom is -0.466 e. The second kappa shape index (κ2) is 5.87. The van der Waals surface area contributed by atoms with Crippen molar-refractivity contribution in [3.05, 3.63) is 36.4 Å². The van der Waals surface area contributed by atoms with Crippen molar-refractivity contribution in [2.75, 3.05) is 19.5 Å². The summed E-state index contributed by atoms with van der Waals surface area (Å²) in [5, 5.41) is 2.79. The number of aromatic nitrogens is 1. The fourth-order valence-corrected chi connectivity index (χ4v) is 1.57. The maximum Gasteiger partial charge on any atom is 0.354 e. The summed E-state index contributed by atoms with van der Waals surface area (Å²) >= 11 is 0. The molecule has 7 heteroatoms. The van der Waals surface area contributed by atoms with E-state index in [1.807, 2.05) is 0 Å². The van der Waals surface area contributed by atoms with Gasteiger partial charge in [0.15, 0.2) is 12.0 Å². The number of ether oxygens (including phenoxy) is 2. The second-order valence-electron chi connectivity index (χ2n) is 3.70. The SMILES string of the molecule is COC(=O)/C=C(/Nc1cccc2ocnc12)C(=O)OC. The number of nitrogens with one attached hydrogen (secondary N) is 1. The van der Waals surface area contributed by atoms with Gasteiger partial charge >= 0.3 is 11.9 Å². The number of hydrogen-bond donors (Lipinski definition) is 1. The zero-order valence-corrected chi connectivity index (χ0v) is 10.9. The molecule has 1 aromatic carbocycles. The van der Waals surface area contributed by atoms with Gasteiger partial charge in [-0.3, -0.25) is 0 Å². The molecule has 0 unspecified atom stereocenters. The molecular weight excluding hydrogens is 264 g/mol. The molecule has 20 heavy (non-hydrogen) atoms. The van der Waals surface area contributed by atoms with E-state index in [1.165, 1.54) is 20.6 Å². The van der Waals surface area contributed by atoms with Crippen molar-refractivity contribution in [3.8, 4) is 0 Å². The van der Waals surface area contributed by atoms with Gasteiger partial charge in [-0.25, -0.2) is 14.6 Å². The molecule has 1 heterocycles. The molecule has 0 amide bonds. The Bertz CT molecular complexity index is 674. The number of para-hydroxylation sites is 1. The molecule has 7 nitrogen and oxygen atoms in total. The monoisotopic (exact) mass is 276 g/mol. The summed E-state index contributed by atoms with van der Waals surface area (Å²) < 4.78 is 14.2. The van der Waals surface area contributed by atoms with Gasteiger partial charge in [-0.15, -0.1) is 0 Å². The maximum absolute atomic E-state index is 11.6. The summed E-state index contributed by atoms with van der Waals surface area (Å²) in [6.45, 7) is 0. The van der Waals surface area contributed by atoms with Crippen molar-refractivity contribution in [3.63, 3.8) is 0 Å². The number of carbonyl (C=O) groups is 2. The number of nitrogens with zero attached hydrogens (tertiary/aromatic N) is 1. The fraction of sp³-hybridized carbons (Fsp3) is 0.154. The van der Waals surface area contributed by atoms with Crippen LogP contribution >= 0.6 is 0 Å². The third-order valence-electron chi connectivity index (χ3n) is 2.50. The van der Waals surface area contributed by atoms with Crippen LogP contribution in [-0.4, -0.2) is 31.1 Å². The molecule has 0 spiro atoms. The Labute approximate surface area is 114 Å². The number of fused-ring (bicyclic) bond motifs is 1. The molecule has 0 aliphatic rings. The maximum atomic E-state index is 11.6. The quantitative estimate of drug-likeness (QED) is 0.667. The molecule has 0 bridgehead atoms. The smallest absolute Gasteiger partial charge is 0.354 e. The summed E-state index contributed by atoms with van der Waals surface area (Å²) in [6, 6.07) is 5.15. The number of hydrogen-bond acceptors (Lipinski definition) is 7. The molecule has 0 radical (unpaired) electrons. The molecule has 0 saturated heterocycles. The van der Waals surface area contributed by atoms with Crippen LogP contribution in [0.4, 0.5) is 5.69 Å². The van der Waals surface area contributed by atoms with Crippen LogP contribution in [0.5, 0.6) is 0 Å². The van der Waals surface area contributed by atoms with Gasteiger partial charge in [-0.05, 0) is 12.1 Å². The Kier molecular flexibility index (Phi) is 3.99. The Hall–Kier alpha value is -2.83. The highest BCUT2D eigenvalue weighted by atomic mass is 16.5. The highest BCUT2D eigenvalue weighted by Gasteiger charge is 2.15. The Morgan fingerprint density at radius 1 is 1.30 bits per heavy atom. The summed E-state index contributed by atoms with van der Waals surface area (Å²) in [4.78, 5) is 26.9. The van der Waals surface area contributed by atoms with Crippen molar-refractivity contribution in [1.82, 2.24) is 4.98 Å². The Morgan fingerprint density at radius 3 is 2.80 bits per heavy atom. The fourth-order valence-electron chi connectivity index (χ4n) is 1.57. The number of rotatable bonds is 4. The van der Waals surface area contributed by atoms with E-state index in [1.54, 1.807) is 18.2 Å². The first-order chi connectivity index (χ1) is 9.65. The third kappa shape index (κ3) is 2.77. The average Bonchev–Trinajstić information content (AvgIpc) is 2.94. The number of esters is 2. The van der Waals surface area contributed by atoms with Crippen LogP contribution in [0.1, 0.15) is 0 Å². The van der Waals surface area contributed by atoms with E-state index in [2.05, 4.69) is 19.8 Å². The predicted molar refractivity (Wildman–Crippen MR) is 69.7 cm³/mol. The van der Waals surface area contributed by atoms with Gasteiger partial charge in [0.1, 0.15) is 11.2 Å². The van der Waals surface area contributed by atoms with E-state index in [4.69, 9.17) is 4.42 Å². The molecule has 0 aliphatic heterocycles. The summed E-state index contributed by atoms with van der Waals surface area (Å²) in [5.41, 5.74) is 1.54. The highest BCUT2D eigenvalue weighted by Crippen LogP contribution is 2.23. The first-order valence-corrected chi connectivity index (χ1v) is 5.63. The molecule has 0 aliphatic carbocycles. The van der Waals surface area contributed by atoms with E-state index in [-0.39, 0.29) is 5.70 Å². The summed E-state index contributed by atoms with van der Waals surface area (Å²) in [7, 11) is 2.43. The average molecular weight is 276 g/mol. The van der Waals surface area contributed by atoms with Crippen LogP contribution in [0.2, 0.25) is 0 Å². The van der Waals surface area contributed by atoms with E-state index in [9.17, 15) is 9.59 Å². The minimum atomic E-state index is -0.698. The second-order valence-corrected chi connectivity index (χ2v) is 3.70. The highest BCUT2D eigenvalue weighted by molar-refractivity contribution is 6.00. The van der Waals surface area contributed by atoms with Gasteiger partial charge in [-0.1, -0.05) is 6.07 Å². The molecule has 2 rings (SSSR count). The number of carbonyl (C=O) groups excluding carboxylic acids is 2. The molecule has 0 atom stereocenters.